The molecule has 3 heterocycles. The molecule has 0 fully saturated rings. The van der Waals surface area contributed by atoms with Crippen LogP contribution in [0.15, 0.2) is 29.6 Å². The minimum atomic E-state index is 0.161. The Kier molecular flexibility index (Phi) is 3.48. The topological polar surface area (TPSA) is 56.5 Å². The summed E-state index contributed by atoms with van der Waals surface area (Å²) < 4.78 is 13.5. The number of thiophene rings is 1. The van der Waals surface area contributed by atoms with E-state index < -0.39 is 0 Å². The molecule has 1 N–H and O–H groups in total. The van der Waals surface area contributed by atoms with Gasteiger partial charge in [-0.15, -0.1) is 11.3 Å². The fourth-order valence-electron chi connectivity index (χ4n) is 2.71. The summed E-state index contributed by atoms with van der Waals surface area (Å²) in [4.78, 5) is 5.89. The molecule has 0 saturated heterocycles. The lowest BCUT2D eigenvalue weighted by Crippen LogP contribution is -2.15. The molecule has 114 valence electrons. The minimum absolute atomic E-state index is 0.161. The molecule has 0 spiro atoms. The SMILES string of the molecule is OCCCn1c(-c2cccs2)nc2cc3c(cc21)OCCO3. The number of aromatic nitrogens is 2. The Morgan fingerprint density at radius 1 is 1.23 bits per heavy atom. The highest BCUT2D eigenvalue weighted by molar-refractivity contribution is 7.13. The maximum Gasteiger partial charge on any atom is 0.163 e. The largest absolute Gasteiger partial charge is 0.486 e. The number of nitrogens with zero attached hydrogens (tertiary/aromatic N) is 2. The molecule has 0 amide bonds. The van der Waals surface area contributed by atoms with E-state index in [-0.39, 0.29) is 6.61 Å². The predicted molar refractivity (Wildman–Crippen MR) is 85.7 cm³/mol. The first-order chi connectivity index (χ1) is 10.9. The van der Waals surface area contributed by atoms with Crippen LogP contribution in [-0.4, -0.2) is 34.5 Å². The molecule has 5 nitrogen and oxygen atoms in total. The summed E-state index contributed by atoms with van der Waals surface area (Å²) in [5, 5.41) is 11.2. The fraction of sp³-hybridized carbons (Fsp3) is 0.312. The van der Waals surface area contributed by atoms with Crippen molar-refractivity contribution in [3.8, 4) is 22.2 Å². The Morgan fingerprint density at radius 2 is 2.05 bits per heavy atom. The van der Waals surface area contributed by atoms with Gasteiger partial charge in [0.1, 0.15) is 13.2 Å². The highest BCUT2D eigenvalue weighted by Crippen LogP contribution is 2.37. The lowest BCUT2D eigenvalue weighted by molar-refractivity contribution is 0.172. The van der Waals surface area contributed by atoms with Crippen LogP contribution >= 0.6 is 11.3 Å². The molecule has 22 heavy (non-hydrogen) atoms. The minimum Gasteiger partial charge on any atom is -0.486 e. The normalized spacial score (nSPS) is 13.7. The standard InChI is InChI=1S/C16H16N2O3S/c19-5-2-4-18-12-10-14-13(20-6-7-21-14)9-11(12)17-16(18)15-3-1-8-22-15/h1,3,8-10,19H,2,4-7H2. The lowest BCUT2D eigenvalue weighted by Gasteiger charge is -2.18. The number of benzene rings is 1. The first-order valence-corrected chi connectivity index (χ1v) is 8.19. The van der Waals surface area contributed by atoms with Crippen LogP contribution in [-0.2, 0) is 6.54 Å². The van der Waals surface area contributed by atoms with E-state index >= 15 is 0 Å². The van der Waals surface area contributed by atoms with Crippen LogP contribution in [0.3, 0.4) is 0 Å². The van der Waals surface area contributed by atoms with E-state index in [1.165, 1.54) is 0 Å². The molecule has 0 atom stereocenters. The van der Waals surface area contributed by atoms with Crippen LogP contribution in [0.5, 0.6) is 11.5 Å². The van der Waals surface area contributed by atoms with E-state index in [1.807, 2.05) is 23.6 Å². The summed E-state index contributed by atoms with van der Waals surface area (Å²) in [6.45, 7) is 2.02. The van der Waals surface area contributed by atoms with Crippen molar-refractivity contribution in [2.45, 2.75) is 13.0 Å². The van der Waals surface area contributed by atoms with Crippen molar-refractivity contribution in [3.05, 3.63) is 29.6 Å². The predicted octanol–water partition coefficient (Wildman–Crippen LogP) is 2.92. The smallest absolute Gasteiger partial charge is 0.163 e. The second-order valence-corrected chi connectivity index (χ2v) is 6.07. The second kappa shape index (κ2) is 5.62. The van der Waals surface area contributed by atoms with Crippen molar-refractivity contribution < 1.29 is 14.6 Å². The quantitative estimate of drug-likeness (QED) is 0.804. The lowest BCUT2D eigenvalue weighted by atomic mass is 10.2. The van der Waals surface area contributed by atoms with Gasteiger partial charge >= 0.3 is 0 Å². The van der Waals surface area contributed by atoms with Gasteiger partial charge in [-0.2, -0.15) is 0 Å². The van der Waals surface area contributed by atoms with Gasteiger partial charge in [-0.05, 0) is 17.9 Å². The first-order valence-electron chi connectivity index (χ1n) is 7.31. The number of imidazole rings is 1. The van der Waals surface area contributed by atoms with Crippen molar-refractivity contribution in [1.82, 2.24) is 9.55 Å². The fourth-order valence-corrected chi connectivity index (χ4v) is 3.43. The molecular weight excluding hydrogens is 300 g/mol. The number of aryl methyl sites for hydroxylation is 1. The molecule has 0 aliphatic carbocycles. The number of ether oxygens (including phenoxy) is 2. The molecule has 1 aromatic carbocycles. The molecule has 3 aromatic rings. The molecule has 6 heteroatoms. The third kappa shape index (κ3) is 2.24. The number of fused-ring (bicyclic) bond motifs is 2. The summed E-state index contributed by atoms with van der Waals surface area (Å²) in [7, 11) is 0. The van der Waals surface area contributed by atoms with Gasteiger partial charge in [-0.1, -0.05) is 6.07 Å². The van der Waals surface area contributed by atoms with E-state index in [1.54, 1.807) is 11.3 Å². The molecule has 0 saturated carbocycles. The van der Waals surface area contributed by atoms with Crippen LogP contribution in [0.2, 0.25) is 0 Å². The zero-order chi connectivity index (χ0) is 14.9. The van der Waals surface area contributed by atoms with Crippen molar-refractivity contribution in [1.29, 1.82) is 0 Å². The van der Waals surface area contributed by atoms with E-state index in [2.05, 4.69) is 10.6 Å². The first kappa shape index (κ1) is 13.6. The van der Waals surface area contributed by atoms with Gasteiger partial charge < -0.3 is 19.1 Å². The van der Waals surface area contributed by atoms with Crippen LogP contribution in [0.25, 0.3) is 21.7 Å². The Balaban J connectivity index is 1.90. The van der Waals surface area contributed by atoms with Gasteiger partial charge in [0.15, 0.2) is 17.3 Å². The zero-order valence-electron chi connectivity index (χ0n) is 12.0. The summed E-state index contributed by atoms with van der Waals surface area (Å²) in [6.07, 6.45) is 0.693. The monoisotopic (exact) mass is 316 g/mol. The van der Waals surface area contributed by atoms with Crippen LogP contribution in [0.1, 0.15) is 6.42 Å². The van der Waals surface area contributed by atoms with Crippen molar-refractivity contribution >= 4 is 22.4 Å². The Morgan fingerprint density at radius 3 is 2.77 bits per heavy atom. The summed E-state index contributed by atoms with van der Waals surface area (Å²) in [5.74, 6) is 2.45. The maximum absolute atomic E-state index is 9.17. The average molecular weight is 316 g/mol. The van der Waals surface area contributed by atoms with Gasteiger partial charge in [0, 0.05) is 25.3 Å². The number of hydrogen-bond donors (Lipinski definition) is 1. The molecule has 0 unspecified atom stereocenters. The third-order valence-corrected chi connectivity index (χ3v) is 4.56. The molecule has 1 aliphatic rings. The van der Waals surface area contributed by atoms with E-state index in [0.717, 1.165) is 39.8 Å². The Hall–Kier alpha value is -2.05. The summed E-state index contributed by atoms with van der Waals surface area (Å²) >= 11 is 1.66. The Bertz CT molecular complexity index is 795. The summed E-state index contributed by atoms with van der Waals surface area (Å²) in [6, 6.07) is 8.02. The molecule has 4 rings (SSSR count). The highest BCUT2D eigenvalue weighted by Gasteiger charge is 2.19. The van der Waals surface area contributed by atoms with E-state index in [9.17, 15) is 5.11 Å². The van der Waals surface area contributed by atoms with Gasteiger partial charge in [0.2, 0.25) is 0 Å². The maximum atomic E-state index is 9.17. The molecule has 0 radical (unpaired) electrons. The highest BCUT2D eigenvalue weighted by atomic mass is 32.1. The van der Waals surface area contributed by atoms with Crippen LogP contribution in [0, 0.1) is 0 Å². The van der Waals surface area contributed by atoms with Gasteiger partial charge in [-0.25, -0.2) is 4.98 Å². The number of aliphatic hydroxyl groups excluding tert-OH is 1. The van der Waals surface area contributed by atoms with Crippen LogP contribution in [0.4, 0.5) is 0 Å². The van der Waals surface area contributed by atoms with Crippen molar-refractivity contribution in [2.24, 2.45) is 0 Å². The molecule has 0 bridgehead atoms. The number of rotatable bonds is 4. The molecule has 1 aliphatic heterocycles. The van der Waals surface area contributed by atoms with Gasteiger partial charge in [-0.3, -0.25) is 0 Å². The van der Waals surface area contributed by atoms with Crippen LogP contribution < -0.4 is 9.47 Å². The third-order valence-electron chi connectivity index (χ3n) is 3.69. The summed E-state index contributed by atoms with van der Waals surface area (Å²) in [5.41, 5.74) is 1.91. The van der Waals surface area contributed by atoms with E-state index in [0.29, 0.717) is 19.6 Å². The average Bonchev–Trinajstić information content (AvgIpc) is 3.18. The Labute approximate surface area is 131 Å². The van der Waals surface area contributed by atoms with E-state index in [4.69, 9.17) is 14.5 Å². The number of aliphatic hydroxyl groups is 1. The van der Waals surface area contributed by atoms with Gasteiger partial charge in [0.05, 0.1) is 15.9 Å². The second-order valence-electron chi connectivity index (χ2n) is 5.13. The van der Waals surface area contributed by atoms with Gasteiger partial charge in [0.25, 0.3) is 0 Å². The molecule has 2 aromatic heterocycles. The molecular formula is C16H16N2O3S. The number of hydrogen-bond acceptors (Lipinski definition) is 5. The van der Waals surface area contributed by atoms with Crippen molar-refractivity contribution in [3.63, 3.8) is 0 Å². The van der Waals surface area contributed by atoms with Crippen molar-refractivity contribution in [2.75, 3.05) is 19.8 Å². The zero-order valence-corrected chi connectivity index (χ0v) is 12.8.